The Kier molecular flexibility index (Phi) is 7.04. The van der Waals surface area contributed by atoms with Crippen LogP contribution in [0.2, 0.25) is 0 Å². The fraction of sp³-hybridized carbons (Fsp3) is 0.933. The van der Waals surface area contributed by atoms with Gasteiger partial charge in [0.2, 0.25) is 0 Å². The van der Waals surface area contributed by atoms with Crippen molar-refractivity contribution in [1.29, 1.82) is 0 Å². The highest BCUT2D eigenvalue weighted by Gasteiger charge is 2.58. The van der Waals surface area contributed by atoms with Gasteiger partial charge < -0.3 is 5.11 Å². The highest BCUT2D eigenvalue weighted by molar-refractivity contribution is 5.24. The van der Waals surface area contributed by atoms with E-state index in [1.807, 2.05) is 0 Å². The monoisotopic (exact) mass is 428 g/mol. The molecule has 0 aromatic rings. The number of allylic oxidation sites excluding steroid dienone is 1. The molecule has 31 heavy (non-hydrogen) atoms. The Morgan fingerprint density at radius 2 is 1.77 bits per heavy atom. The molecule has 1 nitrogen and oxygen atoms in total. The van der Waals surface area contributed by atoms with Crippen LogP contribution in [0.15, 0.2) is 11.6 Å². The predicted molar refractivity (Wildman–Crippen MR) is 133 cm³/mol. The molecule has 4 rings (SSSR count). The topological polar surface area (TPSA) is 20.2 Å². The predicted octanol–water partition coefficient (Wildman–Crippen LogP) is 8.41. The molecule has 0 amide bonds. The third kappa shape index (κ3) is 4.20. The van der Waals surface area contributed by atoms with Crippen molar-refractivity contribution in [2.75, 3.05) is 0 Å². The Labute approximate surface area is 193 Å². The number of rotatable bonds is 6. The molecule has 178 valence electrons. The average Bonchev–Trinajstić information content (AvgIpc) is 2.99. The summed E-state index contributed by atoms with van der Waals surface area (Å²) in [6.07, 6.45) is 18.4. The van der Waals surface area contributed by atoms with Gasteiger partial charge in [0.05, 0.1) is 6.10 Å². The zero-order valence-electron chi connectivity index (χ0n) is 21.6. The molecule has 3 saturated carbocycles. The van der Waals surface area contributed by atoms with Crippen LogP contribution in [0.4, 0.5) is 0 Å². The van der Waals surface area contributed by atoms with Gasteiger partial charge >= 0.3 is 0 Å². The minimum atomic E-state index is -0.0898. The third-order valence-corrected chi connectivity index (χ3v) is 11.5. The maximum Gasteiger partial charge on any atom is 0.0577 e. The largest absolute Gasteiger partial charge is 0.393 e. The number of aliphatic hydroxyl groups excluding tert-OH is 1. The first-order valence-corrected chi connectivity index (χ1v) is 14.1. The maximum absolute atomic E-state index is 10.4. The molecule has 9 atom stereocenters. The van der Waals surface area contributed by atoms with Gasteiger partial charge in [0.25, 0.3) is 0 Å². The normalized spacial score (nSPS) is 44.6. The fourth-order valence-corrected chi connectivity index (χ4v) is 9.54. The zero-order chi connectivity index (χ0) is 22.4. The molecule has 0 saturated heterocycles. The van der Waals surface area contributed by atoms with Crippen LogP contribution < -0.4 is 0 Å². The van der Waals surface area contributed by atoms with Crippen LogP contribution in [0.1, 0.15) is 119 Å². The molecule has 8 unspecified atom stereocenters. The lowest BCUT2D eigenvalue weighted by Gasteiger charge is -2.57. The van der Waals surface area contributed by atoms with Crippen LogP contribution in [-0.2, 0) is 0 Å². The van der Waals surface area contributed by atoms with Gasteiger partial charge in [-0.15, -0.1) is 0 Å². The van der Waals surface area contributed by atoms with Crippen LogP contribution in [0.25, 0.3) is 0 Å². The fourth-order valence-electron chi connectivity index (χ4n) is 9.54. The van der Waals surface area contributed by atoms with Gasteiger partial charge in [-0.2, -0.15) is 0 Å². The highest BCUT2D eigenvalue weighted by Crippen LogP contribution is 2.67. The molecule has 0 aromatic heterocycles. The van der Waals surface area contributed by atoms with Gasteiger partial charge in [0.15, 0.2) is 0 Å². The quantitative estimate of drug-likeness (QED) is 0.421. The van der Waals surface area contributed by atoms with Crippen molar-refractivity contribution in [3.8, 4) is 0 Å². The first kappa shape index (κ1) is 23.8. The van der Waals surface area contributed by atoms with Crippen molar-refractivity contribution in [2.24, 2.45) is 52.3 Å². The maximum atomic E-state index is 10.4. The van der Waals surface area contributed by atoms with Crippen molar-refractivity contribution in [3.05, 3.63) is 11.6 Å². The zero-order valence-corrected chi connectivity index (χ0v) is 21.6. The molecule has 0 heterocycles. The third-order valence-electron chi connectivity index (χ3n) is 11.5. The van der Waals surface area contributed by atoms with E-state index in [4.69, 9.17) is 0 Å². The Balaban J connectivity index is 1.48. The van der Waals surface area contributed by atoms with Gasteiger partial charge in [0, 0.05) is 0 Å². The molecule has 3 fully saturated rings. The number of aliphatic hydroxyl groups is 1. The van der Waals surface area contributed by atoms with Crippen LogP contribution in [-0.4, -0.2) is 11.2 Å². The second-order valence-corrected chi connectivity index (χ2v) is 13.2. The summed E-state index contributed by atoms with van der Waals surface area (Å²) in [6, 6.07) is 0. The van der Waals surface area contributed by atoms with Gasteiger partial charge in [-0.3, -0.25) is 0 Å². The van der Waals surface area contributed by atoms with E-state index in [9.17, 15) is 5.11 Å². The smallest absolute Gasteiger partial charge is 0.0577 e. The lowest BCUT2D eigenvalue weighted by molar-refractivity contribution is -0.0465. The molecule has 1 heteroatoms. The lowest BCUT2D eigenvalue weighted by atomic mass is 9.48. The van der Waals surface area contributed by atoms with Gasteiger partial charge in [-0.1, -0.05) is 66.0 Å². The summed E-state index contributed by atoms with van der Waals surface area (Å²) < 4.78 is 0. The van der Waals surface area contributed by atoms with E-state index in [1.54, 1.807) is 5.57 Å². The van der Waals surface area contributed by atoms with E-state index in [1.165, 1.54) is 64.2 Å². The molecule has 1 N–H and O–H groups in total. The Morgan fingerprint density at radius 3 is 2.48 bits per heavy atom. The summed E-state index contributed by atoms with van der Waals surface area (Å²) >= 11 is 0. The molecule has 0 aromatic carbocycles. The van der Waals surface area contributed by atoms with E-state index < -0.39 is 0 Å². The van der Waals surface area contributed by atoms with Crippen molar-refractivity contribution in [2.45, 2.75) is 125 Å². The minimum absolute atomic E-state index is 0.0898. The standard InChI is InChI=1S/C30H52O/c1-7-22(20(2)3)11-10-21(4)26-14-15-27-25-13-12-23-19-24(31)9-8-17-29(23,5)28(25)16-18-30(26,27)6/h12,20-22,24-28,31H,7-11,13-19H2,1-6H3/t21-,22?,24?,25?,26?,27?,28?,29?,30?/m1/s1. The SMILES string of the molecule is CCC(CC[C@@H](C)C1CCC2C3CC=C4CC(O)CCCC4(C)C3CCC21C)C(C)C. The molecular weight excluding hydrogens is 376 g/mol. The van der Waals surface area contributed by atoms with Crippen molar-refractivity contribution < 1.29 is 5.11 Å². The van der Waals surface area contributed by atoms with E-state index >= 15 is 0 Å². The Bertz CT molecular complexity index is 649. The van der Waals surface area contributed by atoms with Gasteiger partial charge in [0.1, 0.15) is 0 Å². The van der Waals surface area contributed by atoms with Crippen molar-refractivity contribution in [3.63, 3.8) is 0 Å². The molecular formula is C30H52O. The Hall–Kier alpha value is -0.300. The molecule has 0 bridgehead atoms. The van der Waals surface area contributed by atoms with Crippen LogP contribution in [0, 0.1) is 52.3 Å². The summed E-state index contributed by atoms with van der Waals surface area (Å²) in [4.78, 5) is 0. The van der Waals surface area contributed by atoms with Gasteiger partial charge in [-0.05, 0) is 116 Å². The summed E-state index contributed by atoms with van der Waals surface area (Å²) in [7, 11) is 0. The summed E-state index contributed by atoms with van der Waals surface area (Å²) in [5.74, 6) is 6.29. The highest BCUT2D eigenvalue weighted by atomic mass is 16.3. The average molecular weight is 429 g/mol. The first-order valence-electron chi connectivity index (χ1n) is 14.1. The van der Waals surface area contributed by atoms with E-state index in [0.29, 0.717) is 10.8 Å². The summed E-state index contributed by atoms with van der Waals surface area (Å²) in [6.45, 7) is 15.1. The first-order chi connectivity index (χ1) is 14.7. The Morgan fingerprint density at radius 1 is 1.00 bits per heavy atom. The number of hydrogen-bond acceptors (Lipinski definition) is 1. The molecule has 0 radical (unpaired) electrons. The van der Waals surface area contributed by atoms with E-state index in [0.717, 1.165) is 54.3 Å². The van der Waals surface area contributed by atoms with Crippen molar-refractivity contribution in [1.82, 2.24) is 0 Å². The van der Waals surface area contributed by atoms with E-state index in [2.05, 4.69) is 47.6 Å². The summed E-state index contributed by atoms with van der Waals surface area (Å²) in [5, 5.41) is 10.4. The second kappa shape index (κ2) is 9.15. The van der Waals surface area contributed by atoms with Crippen LogP contribution in [0.3, 0.4) is 0 Å². The summed E-state index contributed by atoms with van der Waals surface area (Å²) in [5.41, 5.74) is 2.58. The van der Waals surface area contributed by atoms with E-state index in [-0.39, 0.29) is 6.10 Å². The van der Waals surface area contributed by atoms with Crippen LogP contribution in [0.5, 0.6) is 0 Å². The minimum Gasteiger partial charge on any atom is -0.393 e. The number of hydrogen-bond donors (Lipinski definition) is 1. The van der Waals surface area contributed by atoms with Gasteiger partial charge in [-0.25, -0.2) is 0 Å². The number of fused-ring (bicyclic) bond motifs is 5. The molecule has 0 aliphatic heterocycles. The molecule has 4 aliphatic rings. The molecule has 4 aliphatic carbocycles. The molecule has 0 spiro atoms. The van der Waals surface area contributed by atoms with Crippen molar-refractivity contribution >= 4 is 0 Å². The second-order valence-electron chi connectivity index (χ2n) is 13.2. The van der Waals surface area contributed by atoms with Crippen LogP contribution >= 0.6 is 0 Å². The lowest BCUT2D eigenvalue weighted by Crippen LogP contribution is -2.49.